The first kappa shape index (κ1) is 14.0. The van der Waals surface area contributed by atoms with E-state index >= 15 is 0 Å². The third kappa shape index (κ3) is 2.73. The summed E-state index contributed by atoms with van der Waals surface area (Å²) in [4.78, 5) is 4.60. The second-order valence-electron chi connectivity index (χ2n) is 5.53. The molecule has 1 unspecified atom stereocenters. The Bertz CT molecular complexity index is 872. The molecule has 1 aliphatic heterocycles. The van der Waals surface area contributed by atoms with E-state index in [4.69, 9.17) is 11.6 Å². The number of aliphatic imine (C=N–C) groups is 1. The van der Waals surface area contributed by atoms with E-state index in [0.29, 0.717) is 5.29 Å². The SMILES string of the molecule is ClC1=NC(c2cccc(-c3ccccc3)c2)c2ccccc2N1. The second-order valence-corrected chi connectivity index (χ2v) is 5.88. The Kier molecular flexibility index (Phi) is 3.60. The zero-order valence-corrected chi connectivity index (χ0v) is 13.2. The van der Waals surface area contributed by atoms with Crippen molar-refractivity contribution >= 4 is 22.6 Å². The number of hydrogen-bond acceptors (Lipinski definition) is 2. The minimum Gasteiger partial charge on any atom is -0.330 e. The molecular formula is C20H15ClN2. The Morgan fingerprint density at radius 1 is 0.783 bits per heavy atom. The van der Waals surface area contributed by atoms with Crippen LogP contribution in [-0.4, -0.2) is 5.29 Å². The molecule has 112 valence electrons. The summed E-state index contributed by atoms with van der Waals surface area (Å²) in [5.74, 6) is 0. The number of benzene rings is 3. The number of para-hydroxylation sites is 1. The number of rotatable bonds is 2. The van der Waals surface area contributed by atoms with E-state index in [0.717, 1.165) is 16.8 Å². The van der Waals surface area contributed by atoms with Crippen molar-refractivity contribution in [3.8, 4) is 11.1 Å². The van der Waals surface area contributed by atoms with Crippen LogP contribution < -0.4 is 5.32 Å². The van der Waals surface area contributed by atoms with E-state index in [9.17, 15) is 0 Å². The van der Waals surface area contributed by atoms with Crippen molar-refractivity contribution in [3.63, 3.8) is 0 Å². The standard InChI is InChI=1S/C20H15ClN2/c21-20-22-18-12-5-4-11-17(18)19(23-20)16-10-6-9-15(13-16)14-7-2-1-3-8-14/h1-13,19H,(H,22,23). The number of hydrogen-bond donors (Lipinski definition) is 1. The number of fused-ring (bicyclic) bond motifs is 1. The highest BCUT2D eigenvalue weighted by molar-refractivity contribution is 6.67. The Morgan fingerprint density at radius 2 is 1.52 bits per heavy atom. The highest BCUT2D eigenvalue weighted by Crippen LogP contribution is 2.36. The summed E-state index contributed by atoms with van der Waals surface area (Å²) in [6.07, 6.45) is 0. The van der Waals surface area contributed by atoms with Crippen molar-refractivity contribution in [1.29, 1.82) is 0 Å². The van der Waals surface area contributed by atoms with Crippen molar-refractivity contribution in [3.05, 3.63) is 90.0 Å². The van der Waals surface area contributed by atoms with Gasteiger partial charge in [-0.15, -0.1) is 0 Å². The molecule has 4 rings (SSSR count). The molecule has 1 atom stereocenters. The van der Waals surface area contributed by atoms with Gasteiger partial charge in [0.2, 0.25) is 0 Å². The molecule has 0 saturated heterocycles. The Balaban J connectivity index is 1.80. The van der Waals surface area contributed by atoms with Gasteiger partial charge in [0.1, 0.15) is 6.04 Å². The first-order valence-electron chi connectivity index (χ1n) is 7.56. The highest BCUT2D eigenvalue weighted by Gasteiger charge is 2.22. The van der Waals surface area contributed by atoms with Crippen molar-refractivity contribution in [2.24, 2.45) is 4.99 Å². The molecule has 1 heterocycles. The van der Waals surface area contributed by atoms with Crippen LogP contribution in [-0.2, 0) is 0 Å². The first-order chi connectivity index (χ1) is 11.3. The zero-order chi connectivity index (χ0) is 15.6. The second kappa shape index (κ2) is 5.90. The quantitative estimate of drug-likeness (QED) is 0.623. The van der Waals surface area contributed by atoms with Crippen molar-refractivity contribution < 1.29 is 0 Å². The van der Waals surface area contributed by atoms with Crippen molar-refractivity contribution in [1.82, 2.24) is 0 Å². The molecule has 0 saturated carbocycles. The predicted molar refractivity (Wildman–Crippen MR) is 97.1 cm³/mol. The van der Waals surface area contributed by atoms with E-state index in [1.54, 1.807) is 0 Å². The molecule has 0 aliphatic carbocycles. The van der Waals surface area contributed by atoms with Gasteiger partial charge in [-0.1, -0.05) is 66.7 Å². The molecule has 0 fully saturated rings. The van der Waals surface area contributed by atoms with Gasteiger partial charge >= 0.3 is 0 Å². The summed E-state index contributed by atoms with van der Waals surface area (Å²) in [6, 6.07) is 26.9. The fraction of sp³-hybridized carbons (Fsp3) is 0.0500. The fourth-order valence-corrected chi connectivity index (χ4v) is 3.15. The average Bonchev–Trinajstić information content (AvgIpc) is 2.62. The molecule has 3 aromatic carbocycles. The Labute approximate surface area is 140 Å². The average molecular weight is 319 g/mol. The molecule has 0 spiro atoms. The van der Waals surface area contributed by atoms with Crippen LogP contribution in [0.15, 0.2) is 83.9 Å². The van der Waals surface area contributed by atoms with Gasteiger partial charge < -0.3 is 5.32 Å². The van der Waals surface area contributed by atoms with Gasteiger partial charge in [-0.3, -0.25) is 0 Å². The van der Waals surface area contributed by atoms with Gasteiger partial charge in [-0.2, -0.15) is 0 Å². The smallest absolute Gasteiger partial charge is 0.196 e. The molecule has 1 N–H and O–H groups in total. The molecule has 1 aliphatic rings. The summed E-state index contributed by atoms with van der Waals surface area (Å²) in [5, 5.41) is 3.55. The van der Waals surface area contributed by atoms with E-state index in [-0.39, 0.29) is 6.04 Å². The lowest BCUT2D eigenvalue weighted by Crippen LogP contribution is -2.16. The maximum Gasteiger partial charge on any atom is 0.196 e. The summed E-state index contributed by atoms with van der Waals surface area (Å²) in [5.41, 5.74) is 5.68. The molecule has 0 aromatic heterocycles. The Hall–Kier alpha value is -2.58. The van der Waals surface area contributed by atoms with Crippen LogP contribution in [0.3, 0.4) is 0 Å². The first-order valence-corrected chi connectivity index (χ1v) is 7.94. The topological polar surface area (TPSA) is 24.4 Å². The van der Waals surface area contributed by atoms with Crippen LogP contribution in [0.4, 0.5) is 5.69 Å². The normalized spacial score (nSPS) is 16.2. The number of amidine groups is 1. The number of nitrogens with one attached hydrogen (secondary N) is 1. The molecule has 0 amide bonds. The number of nitrogens with zero attached hydrogens (tertiary/aromatic N) is 1. The van der Waals surface area contributed by atoms with E-state index in [1.807, 2.05) is 24.3 Å². The lowest BCUT2D eigenvalue weighted by atomic mass is 9.94. The summed E-state index contributed by atoms with van der Waals surface area (Å²) < 4.78 is 0. The summed E-state index contributed by atoms with van der Waals surface area (Å²) >= 11 is 6.18. The molecule has 3 aromatic rings. The van der Waals surface area contributed by atoms with Gasteiger partial charge in [0.25, 0.3) is 0 Å². The van der Waals surface area contributed by atoms with Gasteiger partial charge in [0.15, 0.2) is 5.29 Å². The van der Waals surface area contributed by atoms with Crippen molar-refractivity contribution in [2.75, 3.05) is 5.32 Å². The van der Waals surface area contributed by atoms with Gasteiger partial charge in [-0.05, 0) is 40.4 Å². The predicted octanol–water partition coefficient (Wildman–Crippen LogP) is 5.46. The van der Waals surface area contributed by atoms with E-state index in [2.05, 4.69) is 64.9 Å². The largest absolute Gasteiger partial charge is 0.330 e. The highest BCUT2D eigenvalue weighted by atomic mass is 35.5. The van der Waals surface area contributed by atoms with E-state index in [1.165, 1.54) is 11.1 Å². The van der Waals surface area contributed by atoms with Crippen LogP contribution in [0.2, 0.25) is 0 Å². The minimum atomic E-state index is -0.0800. The third-order valence-corrected chi connectivity index (χ3v) is 4.24. The molecule has 2 nitrogen and oxygen atoms in total. The van der Waals surface area contributed by atoms with Crippen molar-refractivity contribution in [2.45, 2.75) is 6.04 Å². The maximum atomic E-state index is 6.18. The monoisotopic (exact) mass is 318 g/mol. The summed E-state index contributed by atoms with van der Waals surface area (Å²) in [7, 11) is 0. The van der Waals surface area contributed by atoms with Crippen LogP contribution in [0.5, 0.6) is 0 Å². The number of anilines is 1. The molecule has 23 heavy (non-hydrogen) atoms. The summed E-state index contributed by atoms with van der Waals surface area (Å²) in [6.45, 7) is 0. The van der Waals surface area contributed by atoms with E-state index < -0.39 is 0 Å². The van der Waals surface area contributed by atoms with Gasteiger partial charge in [-0.25, -0.2) is 4.99 Å². The molecular weight excluding hydrogens is 304 g/mol. The van der Waals surface area contributed by atoms with Gasteiger partial charge in [0, 0.05) is 11.3 Å². The lowest BCUT2D eigenvalue weighted by molar-refractivity contribution is 0.868. The number of halogens is 1. The fourth-order valence-electron chi connectivity index (χ4n) is 2.95. The minimum absolute atomic E-state index is 0.0800. The van der Waals surface area contributed by atoms with Crippen LogP contribution in [0.1, 0.15) is 17.2 Å². The molecule has 3 heteroatoms. The van der Waals surface area contributed by atoms with Crippen LogP contribution >= 0.6 is 11.6 Å². The van der Waals surface area contributed by atoms with Gasteiger partial charge in [0.05, 0.1) is 0 Å². The lowest BCUT2D eigenvalue weighted by Gasteiger charge is -2.23. The zero-order valence-electron chi connectivity index (χ0n) is 12.4. The molecule has 0 bridgehead atoms. The third-order valence-electron chi connectivity index (χ3n) is 4.05. The van der Waals surface area contributed by atoms with Crippen LogP contribution in [0.25, 0.3) is 11.1 Å². The molecule has 0 radical (unpaired) electrons. The van der Waals surface area contributed by atoms with Crippen LogP contribution in [0, 0.1) is 0 Å². The maximum absolute atomic E-state index is 6.18. The Morgan fingerprint density at radius 3 is 2.39 bits per heavy atom.